The lowest BCUT2D eigenvalue weighted by atomic mass is 10.1. The van der Waals surface area contributed by atoms with Crippen LogP contribution in [0.3, 0.4) is 0 Å². The predicted octanol–water partition coefficient (Wildman–Crippen LogP) is 1.46. The van der Waals surface area contributed by atoms with Crippen molar-refractivity contribution in [2.75, 3.05) is 20.5 Å². The molecule has 0 radical (unpaired) electrons. The fourth-order valence-corrected chi connectivity index (χ4v) is 2.14. The van der Waals surface area contributed by atoms with Crippen LogP contribution in [0.4, 0.5) is 0 Å². The lowest BCUT2D eigenvalue weighted by molar-refractivity contribution is -0.156. The summed E-state index contributed by atoms with van der Waals surface area (Å²) in [6.45, 7) is 2.73. The van der Waals surface area contributed by atoms with E-state index in [1.54, 1.807) is 12.1 Å². The van der Waals surface area contributed by atoms with Crippen molar-refractivity contribution < 1.29 is 33.3 Å². The van der Waals surface area contributed by atoms with Crippen LogP contribution in [0, 0.1) is 0 Å². The number of carbonyl (C=O) groups excluding carboxylic acids is 2. The third kappa shape index (κ3) is 4.03. The molecule has 0 bridgehead atoms. The van der Waals surface area contributed by atoms with E-state index in [4.69, 9.17) is 23.7 Å². The number of carbonyl (C=O) groups is 2. The van der Waals surface area contributed by atoms with Crippen LogP contribution < -0.4 is 14.2 Å². The predicted molar refractivity (Wildman–Crippen MR) is 75.0 cm³/mol. The second kappa shape index (κ2) is 7.02. The van der Waals surface area contributed by atoms with Crippen molar-refractivity contribution in [2.24, 2.45) is 0 Å². The Balaban J connectivity index is 2.14. The monoisotopic (exact) mass is 310 g/mol. The molecule has 0 amide bonds. The SMILES string of the molecule is COc1cc(CC(COC(C)=O)OC(C)=O)cc2c1OCO2. The van der Waals surface area contributed by atoms with Gasteiger partial charge in [0.1, 0.15) is 12.7 Å². The van der Waals surface area contributed by atoms with Gasteiger partial charge in [0.05, 0.1) is 7.11 Å². The van der Waals surface area contributed by atoms with E-state index < -0.39 is 18.0 Å². The van der Waals surface area contributed by atoms with Gasteiger partial charge in [-0.25, -0.2) is 0 Å². The Kier molecular flexibility index (Phi) is 5.08. The van der Waals surface area contributed by atoms with E-state index in [0.717, 1.165) is 5.56 Å². The highest BCUT2D eigenvalue weighted by atomic mass is 16.7. The molecule has 1 heterocycles. The number of fused-ring (bicyclic) bond motifs is 1. The highest BCUT2D eigenvalue weighted by Gasteiger charge is 2.22. The van der Waals surface area contributed by atoms with Gasteiger partial charge >= 0.3 is 11.9 Å². The van der Waals surface area contributed by atoms with E-state index in [1.165, 1.54) is 21.0 Å². The lowest BCUT2D eigenvalue weighted by Gasteiger charge is -2.17. The summed E-state index contributed by atoms with van der Waals surface area (Å²) in [6.07, 6.45) is -0.216. The van der Waals surface area contributed by atoms with Crippen molar-refractivity contribution >= 4 is 11.9 Å². The van der Waals surface area contributed by atoms with E-state index in [2.05, 4.69) is 0 Å². The second-order valence-electron chi connectivity index (χ2n) is 4.77. The average Bonchev–Trinajstić information content (AvgIpc) is 2.91. The Labute approximate surface area is 128 Å². The molecular formula is C15H18O7. The minimum atomic E-state index is -0.577. The number of benzene rings is 1. The zero-order valence-corrected chi connectivity index (χ0v) is 12.7. The van der Waals surface area contributed by atoms with E-state index >= 15 is 0 Å². The Hall–Kier alpha value is -2.44. The quantitative estimate of drug-likeness (QED) is 0.736. The topological polar surface area (TPSA) is 80.3 Å². The van der Waals surface area contributed by atoms with Crippen molar-refractivity contribution in [1.29, 1.82) is 0 Å². The number of hydrogen-bond donors (Lipinski definition) is 0. The van der Waals surface area contributed by atoms with Crippen LogP contribution in [-0.2, 0) is 25.5 Å². The summed E-state index contributed by atoms with van der Waals surface area (Å²) in [7, 11) is 1.53. The Bertz CT molecular complexity index is 567. The maximum Gasteiger partial charge on any atom is 0.303 e. The van der Waals surface area contributed by atoms with Gasteiger partial charge in [-0.05, 0) is 17.7 Å². The highest BCUT2D eigenvalue weighted by molar-refractivity contribution is 5.67. The van der Waals surface area contributed by atoms with Crippen molar-refractivity contribution in [3.63, 3.8) is 0 Å². The maximum atomic E-state index is 11.2. The van der Waals surface area contributed by atoms with Crippen molar-refractivity contribution in [2.45, 2.75) is 26.4 Å². The minimum absolute atomic E-state index is 0.00826. The standard InChI is InChI=1S/C15H18O7/c1-9(16)19-7-12(22-10(2)17)4-11-5-13(18-3)15-14(6-11)20-8-21-15/h5-6,12H,4,7-8H2,1-3H3. The summed E-state index contributed by atoms with van der Waals surface area (Å²) in [5, 5.41) is 0. The molecule has 2 rings (SSSR count). The van der Waals surface area contributed by atoms with Crippen molar-refractivity contribution in [3.8, 4) is 17.2 Å². The molecule has 0 aliphatic carbocycles. The van der Waals surface area contributed by atoms with Crippen LogP contribution in [0.2, 0.25) is 0 Å². The first kappa shape index (κ1) is 15.9. The van der Waals surface area contributed by atoms with Crippen LogP contribution in [0.15, 0.2) is 12.1 Å². The largest absolute Gasteiger partial charge is 0.493 e. The lowest BCUT2D eigenvalue weighted by Crippen LogP contribution is -2.26. The van der Waals surface area contributed by atoms with Gasteiger partial charge in [-0.1, -0.05) is 0 Å². The van der Waals surface area contributed by atoms with Gasteiger partial charge in [-0.3, -0.25) is 9.59 Å². The minimum Gasteiger partial charge on any atom is -0.493 e. The fourth-order valence-electron chi connectivity index (χ4n) is 2.14. The summed E-state index contributed by atoms with van der Waals surface area (Å²) in [5.41, 5.74) is 0.819. The molecular weight excluding hydrogens is 292 g/mol. The van der Waals surface area contributed by atoms with Crippen LogP contribution in [0.5, 0.6) is 17.2 Å². The molecule has 7 heteroatoms. The molecule has 0 spiro atoms. The highest BCUT2D eigenvalue weighted by Crippen LogP contribution is 2.42. The molecule has 1 aliphatic rings. The Morgan fingerprint density at radius 1 is 1.23 bits per heavy atom. The number of methoxy groups -OCH3 is 1. The molecule has 1 atom stereocenters. The number of ether oxygens (including phenoxy) is 5. The van der Waals surface area contributed by atoms with Gasteiger partial charge in [0.25, 0.3) is 0 Å². The van der Waals surface area contributed by atoms with E-state index in [0.29, 0.717) is 23.7 Å². The molecule has 1 aromatic rings. The smallest absolute Gasteiger partial charge is 0.303 e. The van der Waals surface area contributed by atoms with Crippen LogP contribution in [-0.4, -0.2) is 38.6 Å². The fraction of sp³-hybridized carbons (Fsp3) is 0.467. The van der Waals surface area contributed by atoms with Gasteiger partial charge in [-0.2, -0.15) is 0 Å². The van der Waals surface area contributed by atoms with Crippen molar-refractivity contribution in [1.82, 2.24) is 0 Å². The summed E-state index contributed by atoms with van der Waals surface area (Å²) >= 11 is 0. The van der Waals surface area contributed by atoms with Crippen molar-refractivity contribution in [3.05, 3.63) is 17.7 Å². The van der Waals surface area contributed by atoms with Crippen LogP contribution >= 0.6 is 0 Å². The van der Waals surface area contributed by atoms with E-state index in [-0.39, 0.29) is 13.4 Å². The molecule has 7 nitrogen and oxygen atoms in total. The Morgan fingerprint density at radius 3 is 2.64 bits per heavy atom. The van der Waals surface area contributed by atoms with E-state index in [1.807, 2.05) is 0 Å². The molecule has 1 aliphatic heterocycles. The normalized spacial score (nSPS) is 13.4. The molecule has 1 unspecified atom stereocenters. The second-order valence-corrected chi connectivity index (χ2v) is 4.77. The first-order chi connectivity index (χ1) is 10.5. The summed E-state index contributed by atoms with van der Waals surface area (Å²) in [6, 6.07) is 3.56. The molecule has 0 saturated carbocycles. The molecule has 0 fully saturated rings. The molecule has 0 aromatic heterocycles. The van der Waals surface area contributed by atoms with Gasteiger partial charge in [0.2, 0.25) is 12.5 Å². The number of esters is 2. The summed E-state index contributed by atoms with van der Waals surface area (Å²) in [4.78, 5) is 22.1. The third-order valence-corrected chi connectivity index (χ3v) is 2.99. The van der Waals surface area contributed by atoms with Gasteiger partial charge in [0.15, 0.2) is 11.5 Å². The molecule has 0 N–H and O–H groups in total. The summed E-state index contributed by atoms with van der Waals surface area (Å²) in [5.74, 6) is 0.794. The number of rotatable bonds is 6. The Morgan fingerprint density at radius 2 is 2.00 bits per heavy atom. The molecule has 120 valence electrons. The van der Waals surface area contributed by atoms with Gasteiger partial charge < -0.3 is 23.7 Å². The first-order valence-electron chi connectivity index (χ1n) is 6.76. The van der Waals surface area contributed by atoms with E-state index in [9.17, 15) is 9.59 Å². The zero-order chi connectivity index (χ0) is 16.1. The molecule has 1 aromatic carbocycles. The number of hydrogen-bond acceptors (Lipinski definition) is 7. The molecule has 0 saturated heterocycles. The van der Waals surface area contributed by atoms with Gasteiger partial charge in [0, 0.05) is 20.3 Å². The first-order valence-corrected chi connectivity index (χ1v) is 6.76. The van der Waals surface area contributed by atoms with Crippen LogP contribution in [0.1, 0.15) is 19.4 Å². The average molecular weight is 310 g/mol. The maximum absolute atomic E-state index is 11.2. The molecule has 22 heavy (non-hydrogen) atoms. The third-order valence-electron chi connectivity index (χ3n) is 2.99. The summed E-state index contributed by atoms with van der Waals surface area (Å²) < 4.78 is 26.0. The van der Waals surface area contributed by atoms with Gasteiger partial charge in [-0.15, -0.1) is 0 Å². The zero-order valence-electron chi connectivity index (χ0n) is 12.7. The van der Waals surface area contributed by atoms with Crippen LogP contribution in [0.25, 0.3) is 0 Å².